The van der Waals surface area contributed by atoms with Crippen LogP contribution in [-0.2, 0) is 4.79 Å². The number of rotatable bonds is 7. The van der Waals surface area contributed by atoms with Crippen molar-refractivity contribution in [3.8, 4) is 11.6 Å². The van der Waals surface area contributed by atoms with Crippen LogP contribution in [0.1, 0.15) is 54.9 Å². The molecule has 3 aromatic rings. The molecule has 0 unspecified atom stereocenters. The van der Waals surface area contributed by atoms with Gasteiger partial charge in [0.15, 0.2) is 6.10 Å². The first-order chi connectivity index (χ1) is 14.7. The first-order valence-corrected chi connectivity index (χ1v) is 10.5. The minimum absolute atomic E-state index is 0.251. The first-order valence-electron chi connectivity index (χ1n) is 10.5. The number of aromatic nitrogens is 3. The van der Waals surface area contributed by atoms with Crippen molar-refractivity contribution >= 4 is 12.1 Å². The van der Waals surface area contributed by atoms with Gasteiger partial charge in [-0.1, -0.05) is 12.1 Å². The molecule has 2 heterocycles. The topological polar surface area (TPSA) is 73.4 Å². The fourth-order valence-corrected chi connectivity index (χ4v) is 3.51. The second-order valence-corrected chi connectivity index (χ2v) is 8.08. The van der Waals surface area contributed by atoms with Gasteiger partial charge in [0.05, 0.1) is 12.4 Å². The molecule has 0 saturated heterocycles. The van der Waals surface area contributed by atoms with E-state index in [1.807, 2.05) is 62.7 Å². The maximum Gasteiger partial charge on any atom is 0.280 e. The number of benzene rings is 1. The SMILES string of the molecule is Cc1cccc(O[C@@H](C)C(=O)N/N=C\c2cc(C)n(-c3ccnn3C(C)C)c2C)c1C. The third kappa shape index (κ3) is 4.71. The van der Waals surface area contributed by atoms with Crippen molar-refractivity contribution in [1.29, 1.82) is 0 Å². The minimum atomic E-state index is -0.662. The van der Waals surface area contributed by atoms with Gasteiger partial charge in [-0.3, -0.25) is 4.79 Å². The molecule has 0 fully saturated rings. The molecule has 3 rings (SSSR count). The van der Waals surface area contributed by atoms with E-state index in [4.69, 9.17) is 4.74 Å². The summed E-state index contributed by atoms with van der Waals surface area (Å²) < 4.78 is 9.94. The Bertz CT molecular complexity index is 1110. The van der Waals surface area contributed by atoms with Crippen LogP contribution in [-0.4, -0.2) is 32.6 Å². The van der Waals surface area contributed by atoms with Crippen LogP contribution in [0.2, 0.25) is 0 Å². The van der Waals surface area contributed by atoms with Crippen LogP contribution in [0, 0.1) is 27.7 Å². The van der Waals surface area contributed by atoms with Crippen LogP contribution in [0.25, 0.3) is 5.82 Å². The number of ether oxygens (including phenoxy) is 1. The van der Waals surface area contributed by atoms with E-state index in [1.54, 1.807) is 19.3 Å². The minimum Gasteiger partial charge on any atom is -0.481 e. The highest BCUT2D eigenvalue weighted by molar-refractivity contribution is 5.85. The molecule has 1 N–H and O–H groups in total. The maximum atomic E-state index is 12.4. The molecule has 164 valence electrons. The van der Waals surface area contributed by atoms with Gasteiger partial charge >= 0.3 is 0 Å². The third-order valence-corrected chi connectivity index (χ3v) is 5.44. The monoisotopic (exact) mass is 421 g/mol. The molecular weight excluding hydrogens is 390 g/mol. The molecule has 0 spiro atoms. The molecule has 31 heavy (non-hydrogen) atoms. The van der Waals surface area contributed by atoms with Crippen molar-refractivity contribution < 1.29 is 9.53 Å². The highest BCUT2D eigenvalue weighted by atomic mass is 16.5. The lowest BCUT2D eigenvalue weighted by molar-refractivity contribution is -0.127. The summed E-state index contributed by atoms with van der Waals surface area (Å²) >= 11 is 0. The third-order valence-electron chi connectivity index (χ3n) is 5.44. The van der Waals surface area contributed by atoms with Crippen molar-refractivity contribution in [2.24, 2.45) is 5.10 Å². The molecule has 1 amide bonds. The van der Waals surface area contributed by atoms with E-state index in [9.17, 15) is 4.79 Å². The average molecular weight is 422 g/mol. The second kappa shape index (κ2) is 9.20. The number of aryl methyl sites for hydroxylation is 2. The van der Waals surface area contributed by atoms with Gasteiger partial charge < -0.3 is 9.30 Å². The highest BCUT2D eigenvalue weighted by Crippen LogP contribution is 2.23. The van der Waals surface area contributed by atoms with Gasteiger partial charge in [0, 0.05) is 29.1 Å². The predicted octanol–water partition coefficient (Wildman–Crippen LogP) is 4.41. The molecule has 2 aromatic heterocycles. The van der Waals surface area contributed by atoms with E-state index in [0.717, 1.165) is 33.9 Å². The number of hydrogen-bond acceptors (Lipinski definition) is 4. The van der Waals surface area contributed by atoms with Crippen LogP contribution >= 0.6 is 0 Å². The molecule has 0 bridgehead atoms. The van der Waals surface area contributed by atoms with Crippen LogP contribution in [0.4, 0.5) is 0 Å². The van der Waals surface area contributed by atoms with Gasteiger partial charge in [0.25, 0.3) is 5.91 Å². The van der Waals surface area contributed by atoms with Gasteiger partial charge in [-0.25, -0.2) is 10.1 Å². The number of nitrogens with one attached hydrogen (secondary N) is 1. The summed E-state index contributed by atoms with van der Waals surface area (Å²) in [6.07, 6.45) is 2.81. The Labute approximate surface area is 183 Å². The Kier molecular flexibility index (Phi) is 6.63. The van der Waals surface area contributed by atoms with E-state index >= 15 is 0 Å². The van der Waals surface area contributed by atoms with Crippen molar-refractivity contribution in [3.05, 3.63) is 64.6 Å². The van der Waals surface area contributed by atoms with Crippen LogP contribution in [0.5, 0.6) is 5.75 Å². The summed E-state index contributed by atoms with van der Waals surface area (Å²) in [5.41, 5.74) is 7.76. The van der Waals surface area contributed by atoms with E-state index in [1.165, 1.54) is 0 Å². The molecule has 7 heteroatoms. The Morgan fingerprint density at radius 3 is 2.61 bits per heavy atom. The van der Waals surface area contributed by atoms with Crippen LogP contribution in [0.3, 0.4) is 0 Å². The Morgan fingerprint density at radius 2 is 1.90 bits per heavy atom. The lowest BCUT2D eigenvalue weighted by Gasteiger charge is -2.15. The number of nitrogens with zero attached hydrogens (tertiary/aromatic N) is 4. The Balaban J connectivity index is 1.70. The second-order valence-electron chi connectivity index (χ2n) is 8.08. The molecular formula is C24H31N5O2. The Hall–Kier alpha value is -3.35. The normalized spacial score (nSPS) is 12.5. The fraction of sp³-hybridized carbons (Fsp3) is 0.375. The lowest BCUT2D eigenvalue weighted by Crippen LogP contribution is -2.33. The van der Waals surface area contributed by atoms with Gasteiger partial charge in [0.1, 0.15) is 11.6 Å². The summed E-state index contributed by atoms with van der Waals surface area (Å²) in [4.78, 5) is 12.4. The maximum absolute atomic E-state index is 12.4. The molecule has 0 aliphatic rings. The predicted molar refractivity (Wildman–Crippen MR) is 123 cm³/mol. The number of amides is 1. The molecule has 0 radical (unpaired) electrons. The molecule has 1 atom stereocenters. The van der Waals surface area contributed by atoms with E-state index < -0.39 is 6.10 Å². The van der Waals surface area contributed by atoms with Crippen molar-refractivity contribution in [2.75, 3.05) is 0 Å². The molecule has 0 aliphatic carbocycles. The van der Waals surface area contributed by atoms with Crippen molar-refractivity contribution in [3.63, 3.8) is 0 Å². The zero-order chi connectivity index (χ0) is 22.7. The van der Waals surface area contributed by atoms with Crippen molar-refractivity contribution in [2.45, 2.75) is 60.6 Å². The molecule has 0 aliphatic heterocycles. The smallest absolute Gasteiger partial charge is 0.280 e. The zero-order valence-electron chi connectivity index (χ0n) is 19.3. The zero-order valence-corrected chi connectivity index (χ0v) is 19.3. The first kappa shape index (κ1) is 22.3. The van der Waals surface area contributed by atoms with Crippen LogP contribution < -0.4 is 10.2 Å². The number of carbonyl (C=O) groups is 1. The van der Waals surface area contributed by atoms with Crippen molar-refractivity contribution in [1.82, 2.24) is 19.8 Å². The highest BCUT2D eigenvalue weighted by Gasteiger charge is 2.17. The summed E-state index contributed by atoms with van der Waals surface area (Å²) in [6, 6.07) is 10.1. The van der Waals surface area contributed by atoms with E-state index in [0.29, 0.717) is 5.75 Å². The van der Waals surface area contributed by atoms with Gasteiger partial charge in [-0.05, 0) is 71.7 Å². The van der Waals surface area contributed by atoms with E-state index in [2.05, 4.69) is 34.0 Å². The fourth-order valence-electron chi connectivity index (χ4n) is 3.51. The molecule has 1 aromatic carbocycles. The average Bonchev–Trinajstić information content (AvgIpc) is 3.29. The summed E-state index contributed by atoms with van der Waals surface area (Å²) in [5, 5.41) is 8.58. The number of hydrogen-bond donors (Lipinski definition) is 1. The number of carbonyl (C=O) groups excluding carboxylic acids is 1. The molecule has 7 nitrogen and oxygen atoms in total. The van der Waals surface area contributed by atoms with Gasteiger partial charge in [-0.2, -0.15) is 10.2 Å². The largest absolute Gasteiger partial charge is 0.481 e. The summed E-state index contributed by atoms with van der Waals surface area (Å²) in [5.74, 6) is 1.41. The molecule has 0 saturated carbocycles. The van der Waals surface area contributed by atoms with Crippen LogP contribution in [0.15, 0.2) is 41.6 Å². The van der Waals surface area contributed by atoms with E-state index in [-0.39, 0.29) is 11.9 Å². The Morgan fingerprint density at radius 1 is 1.16 bits per heavy atom. The quantitative estimate of drug-likeness (QED) is 0.454. The summed E-state index contributed by atoms with van der Waals surface area (Å²) in [7, 11) is 0. The number of hydrazone groups is 1. The standard InChI is InChI=1S/C24H31N5O2/c1-15(2)29-23(11-12-26-29)28-17(4)13-21(19(28)6)14-25-27-24(30)20(7)31-22-10-8-9-16(3)18(22)5/h8-15,20H,1-7H3,(H,27,30)/b25-14-/t20-/m0/s1. The van der Waals surface area contributed by atoms with Gasteiger partial charge in [0.2, 0.25) is 0 Å². The summed E-state index contributed by atoms with van der Waals surface area (Å²) in [6.45, 7) is 14.0. The van der Waals surface area contributed by atoms with Gasteiger partial charge in [-0.15, -0.1) is 0 Å². The lowest BCUT2D eigenvalue weighted by atomic mass is 10.1.